The van der Waals surface area contributed by atoms with Crippen molar-refractivity contribution in [1.82, 2.24) is 0 Å². The topological polar surface area (TPSA) is 114 Å². The minimum atomic E-state index is -3.78. The Morgan fingerprint density at radius 3 is 1.95 bits per heavy atom. The van der Waals surface area contributed by atoms with Gasteiger partial charge in [0.25, 0.3) is 20.2 Å². The fourth-order valence-electron chi connectivity index (χ4n) is 4.34. The monoisotopic (exact) mass is 692 g/mol. The maximum atomic E-state index is 12.2. The summed E-state index contributed by atoms with van der Waals surface area (Å²) < 4.78 is 76.2. The molecule has 1 unspecified atom stereocenters. The van der Waals surface area contributed by atoms with E-state index >= 15 is 0 Å². The highest BCUT2D eigenvalue weighted by Crippen LogP contribution is 2.34. The second-order valence-electron chi connectivity index (χ2n) is 9.55. The van der Waals surface area contributed by atoms with Crippen LogP contribution in [0.5, 0.6) is 0 Å². The molecule has 3 heterocycles. The second kappa shape index (κ2) is 13.1. The van der Waals surface area contributed by atoms with E-state index in [-0.39, 0.29) is 38.6 Å². The maximum Gasteiger partial charge on any atom is 0.297 e. The number of fused-ring (bicyclic) bond motifs is 1. The Kier molecular flexibility index (Phi) is 10.2. The molecule has 0 saturated carbocycles. The molecule has 2 aromatic rings. The Hall–Kier alpha value is -1.39. The largest absolute Gasteiger partial charge is 0.371 e. The van der Waals surface area contributed by atoms with Crippen LogP contribution in [0.15, 0.2) is 70.5 Å². The molecule has 3 aliphatic rings. The normalized spacial score (nSPS) is 27.1. The highest BCUT2D eigenvalue weighted by atomic mass is 127. The van der Waals surface area contributed by atoms with Crippen molar-refractivity contribution in [2.75, 3.05) is 19.8 Å². The molecule has 2 fully saturated rings. The van der Waals surface area contributed by atoms with Crippen LogP contribution in [0.4, 0.5) is 0 Å². The van der Waals surface area contributed by atoms with Crippen LogP contribution >= 0.6 is 22.6 Å². The molecule has 0 spiro atoms. The molecule has 2 aromatic carbocycles. The number of aryl methyl sites for hydroxylation is 2. The van der Waals surface area contributed by atoms with E-state index in [1.54, 1.807) is 48.5 Å². The van der Waals surface area contributed by atoms with Crippen LogP contribution in [0.25, 0.3) is 0 Å². The first-order chi connectivity index (χ1) is 18.5. The molecule has 3 aliphatic heterocycles. The Bertz CT molecular complexity index is 1340. The zero-order chi connectivity index (χ0) is 28.2. The summed E-state index contributed by atoms with van der Waals surface area (Å²) in [5.41, 5.74) is 2.01. The third kappa shape index (κ3) is 7.67. The van der Waals surface area contributed by atoms with Crippen molar-refractivity contribution in [1.29, 1.82) is 0 Å². The molecule has 2 saturated heterocycles. The summed E-state index contributed by atoms with van der Waals surface area (Å²) in [6, 6.07) is 13.2. The first kappa shape index (κ1) is 30.6. The SMILES string of the molecule is CC[C@@H](OS(=O)(=O)c1ccc(C)cc1)[C@@H]1C=CCO1.Cc1ccc(S(=O)(=O)O[C@@H]2CO[C@@H]3C(I)CO[C@@H]32)cc1. The second-order valence-corrected chi connectivity index (χ2v) is 14.3. The molecule has 5 rings (SSSR count). The van der Waals surface area contributed by atoms with Crippen LogP contribution in [-0.2, 0) is 42.8 Å². The third-order valence-electron chi connectivity index (χ3n) is 6.55. The van der Waals surface area contributed by atoms with Crippen LogP contribution in [0, 0.1) is 13.8 Å². The van der Waals surface area contributed by atoms with E-state index in [9.17, 15) is 16.8 Å². The fraction of sp³-hybridized carbons (Fsp3) is 0.481. The molecule has 0 radical (unpaired) electrons. The summed E-state index contributed by atoms with van der Waals surface area (Å²) in [5, 5.41) is 0. The van der Waals surface area contributed by atoms with Crippen molar-refractivity contribution >= 4 is 42.8 Å². The molecular weight excluding hydrogens is 659 g/mol. The van der Waals surface area contributed by atoms with Gasteiger partial charge in [0.05, 0.1) is 33.5 Å². The number of hydrogen-bond acceptors (Lipinski definition) is 9. The van der Waals surface area contributed by atoms with E-state index in [1.807, 2.05) is 32.9 Å². The standard InChI is InChI=1S/C14H18O4S.C13H15IO5S/c1-3-13(14-5-4-10-17-14)18-19(15,16)12-8-6-11(2)7-9-12;1-8-2-4-9(5-3-8)20(15,16)19-11-7-18-12-10(14)6-17-13(11)12/h4-9,13-14H,3,10H2,1-2H3;2-5,10-13H,6-7H2,1H3/t13-,14+;10?,11-,12-,13-/m11/s1. The molecule has 0 amide bonds. The van der Waals surface area contributed by atoms with E-state index in [0.717, 1.165) is 11.1 Å². The van der Waals surface area contributed by atoms with Gasteiger partial charge < -0.3 is 14.2 Å². The van der Waals surface area contributed by atoms with Crippen LogP contribution < -0.4 is 0 Å². The van der Waals surface area contributed by atoms with Gasteiger partial charge in [-0.1, -0.05) is 77.1 Å². The lowest BCUT2D eigenvalue weighted by atomic mass is 10.1. The summed E-state index contributed by atoms with van der Waals surface area (Å²) >= 11 is 2.26. The van der Waals surface area contributed by atoms with Gasteiger partial charge in [-0.15, -0.1) is 0 Å². The molecule has 0 aliphatic carbocycles. The quantitative estimate of drug-likeness (QED) is 0.175. The Morgan fingerprint density at radius 2 is 1.41 bits per heavy atom. The maximum absolute atomic E-state index is 12.2. The number of benzene rings is 2. The number of alkyl halides is 1. The van der Waals surface area contributed by atoms with Crippen LogP contribution in [0.2, 0.25) is 0 Å². The molecule has 9 nitrogen and oxygen atoms in total. The van der Waals surface area contributed by atoms with E-state index in [0.29, 0.717) is 19.6 Å². The minimum Gasteiger partial charge on any atom is -0.371 e. The van der Waals surface area contributed by atoms with Crippen molar-refractivity contribution in [2.24, 2.45) is 0 Å². The predicted octanol–water partition coefficient (Wildman–Crippen LogP) is 4.10. The Balaban J connectivity index is 0.000000181. The molecule has 12 heteroatoms. The van der Waals surface area contributed by atoms with Crippen molar-refractivity contribution in [3.63, 3.8) is 0 Å². The van der Waals surface area contributed by atoms with Gasteiger partial charge in [-0.2, -0.15) is 16.8 Å². The molecule has 39 heavy (non-hydrogen) atoms. The Labute approximate surface area is 244 Å². The van der Waals surface area contributed by atoms with Crippen molar-refractivity contribution < 1.29 is 39.4 Å². The molecule has 214 valence electrons. The average Bonchev–Trinajstić information content (AvgIpc) is 3.65. The van der Waals surface area contributed by atoms with Gasteiger partial charge in [-0.25, -0.2) is 0 Å². The Morgan fingerprint density at radius 1 is 0.846 bits per heavy atom. The lowest BCUT2D eigenvalue weighted by Crippen LogP contribution is -2.33. The molecular formula is C27H33IO9S2. The molecule has 6 atom stereocenters. The highest BCUT2D eigenvalue weighted by Gasteiger charge is 2.49. The number of hydrogen-bond donors (Lipinski definition) is 0. The van der Waals surface area contributed by atoms with E-state index < -0.39 is 32.4 Å². The van der Waals surface area contributed by atoms with E-state index in [2.05, 4.69) is 22.6 Å². The number of halogens is 1. The average molecular weight is 693 g/mol. The summed E-state index contributed by atoms with van der Waals surface area (Å²) in [4.78, 5) is 0.342. The first-order valence-corrected chi connectivity index (χ1v) is 16.7. The highest BCUT2D eigenvalue weighted by molar-refractivity contribution is 14.1. The van der Waals surface area contributed by atoms with Crippen LogP contribution in [0.3, 0.4) is 0 Å². The van der Waals surface area contributed by atoms with Gasteiger partial charge in [0.15, 0.2) is 0 Å². The lowest BCUT2D eigenvalue weighted by Gasteiger charge is -2.20. The predicted molar refractivity (Wildman–Crippen MR) is 153 cm³/mol. The molecule has 0 aromatic heterocycles. The van der Waals surface area contributed by atoms with Crippen LogP contribution in [-0.4, -0.2) is 71.1 Å². The van der Waals surface area contributed by atoms with E-state index in [1.165, 1.54) is 0 Å². The minimum absolute atomic E-state index is 0.0752. The summed E-state index contributed by atoms with van der Waals surface area (Å²) in [7, 11) is -7.52. The van der Waals surface area contributed by atoms with Crippen molar-refractivity contribution in [3.05, 3.63) is 71.8 Å². The van der Waals surface area contributed by atoms with E-state index in [4.69, 9.17) is 22.6 Å². The fourth-order valence-corrected chi connectivity index (χ4v) is 7.39. The lowest BCUT2D eigenvalue weighted by molar-refractivity contribution is 0.0291. The van der Waals surface area contributed by atoms with Crippen LogP contribution in [0.1, 0.15) is 24.5 Å². The summed E-state index contributed by atoms with van der Waals surface area (Å²) in [6.07, 6.45) is 2.58. The summed E-state index contributed by atoms with van der Waals surface area (Å²) in [5.74, 6) is 0. The van der Waals surface area contributed by atoms with Gasteiger partial charge in [0, 0.05) is 0 Å². The van der Waals surface area contributed by atoms with Crippen molar-refractivity contribution in [3.8, 4) is 0 Å². The zero-order valence-corrected chi connectivity index (χ0v) is 25.7. The molecule has 0 bridgehead atoms. The number of rotatable bonds is 8. The van der Waals surface area contributed by atoms with Gasteiger partial charge >= 0.3 is 0 Å². The van der Waals surface area contributed by atoms with Gasteiger partial charge in [0.1, 0.15) is 30.5 Å². The zero-order valence-electron chi connectivity index (χ0n) is 21.9. The van der Waals surface area contributed by atoms with Crippen molar-refractivity contribution in [2.45, 2.75) is 71.4 Å². The van der Waals surface area contributed by atoms with Gasteiger partial charge in [-0.3, -0.25) is 8.37 Å². The summed E-state index contributed by atoms with van der Waals surface area (Å²) in [6.45, 7) is 7.02. The molecule has 0 N–H and O–H groups in total. The smallest absolute Gasteiger partial charge is 0.297 e. The first-order valence-electron chi connectivity index (χ1n) is 12.7. The van der Waals surface area contributed by atoms with Gasteiger partial charge in [0.2, 0.25) is 0 Å². The number of ether oxygens (including phenoxy) is 3. The third-order valence-corrected chi connectivity index (χ3v) is 10.3. The van der Waals surface area contributed by atoms with Gasteiger partial charge in [-0.05, 0) is 44.5 Å².